The Balaban J connectivity index is 2.66. The van der Waals surface area contributed by atoms with Gasteiger partial charge in [0.05, 0.1) is 11.6 Å². The van der Waals surface area contributed by atoms with E-state index in [4.69, 9.17) is 16.7 Å². The van der Waals surface area contributed by atoms with E-state index in [1.54, 1.807) is 24.3 Å². The lowest BCUT2D eigenvalue weighted by Crippen LogP contribution is -2.11. The van der Waals surface area contributed by atoms with Crippen LogP contribution >= 0.6 is 11.6 Å². The van der Waals surface area contributed by atoms with Gasteiger partial charge in [-0.15, -0.1) is 11.6 Å². The van der Waals surface area contributed by atoms with Gasteiger partial charge in [-0.05, 0) is 12.2 Å². The first kappa shape index (κ1) is 9.00. The number of rotatable bonds is 2. The Kier molecular flexibility index (Phi) is 3.05. The Morgan fingerprint density at radius 3 is 2.58 bits per heavy atom. The predicted octanol–water partition coefficient (Wildman–Crippen LogP) is 1.45. The minimum absolute atomic E-state index is 0.196. The molecule has 12 heavy (non-hydrogen) atoms. The molecule has 0 aliphatic heterocycles. The molecule has 0 aromatic carbocycles. The molecule has 4 heteroatoms. The fourth-order valence-corrected chi connectivity index (χ4v) is 1.00. The van der Waals surface area contributed by atoms with Crippen LogP contribution in [0.4, 0.5) is 0 Å². The second-order valence-corrected chi connectivity index (χ2v) is 2.52. The second-order valence-electron chi connectivity index (χ2n) is 2.28. The first-order valence-electron chi connectivity index (χ1n) is 3.43. The molecule has 1 aliphatic rings. The molecule has 0 fully saturated rings. The van der Waals surface area contributed by atoms with Gasteiger partial charge in [0, 0.05) is 0 Å². The van der Waals surface area contributed by atoms with Crippen molar-refractivity contribution in [3.8, 4) is 0 Å². The van der Waals surface area contributed by atoms with Crippen molar-refractivity contribution in [2.45, 2.75) is 0 Å². The largest absolute Gasteiger partial charge is 0.481 e. The standard InChI is InChI=1S/C8H8ClNO2/c9-5-10-7-3-1-6(2-4-7)8(11)12/h1-4,6H,5H2,(H,11,12). The summed E-state index contributed by atoms with van der Waals surface area (Å²) in [5, 5.41) is 8.59. The van der Waals surface area contributed by atoms with Crippen molar-refractivity contribution in [3.05, 3.63) is 24.3 Å². The molecule has 0 saturated carbocycles. The molecule has 0 unspecified atom stereocenters. The van der Waals surface area contributed by atoms with E-state index in [0.717, 1.165) is 0 Å². The van der Waals surface area contributed by atoms with Crippen LogP contribution in [0.25, 0.3) is 0 Å². The maximum Gasteiger partial charge on any atom is 0.314 e. The molecule has 0 bridgehead atoms. The quantitative estimate of drug-likeness (QED) is 0.523. The van der Waals surface area contributed by atoms with E-state index >= 15 is 0 Å². The van der Waals surface area contributed by atoms with Gasteiger partial charge in [0.25, 0.3) is 0 Å². The number of carboxylic acids is 1. The molecule has 0 aromatic rings. The summed E-state index contributed by atoms with van der Waals surface area (Å²) in [6, 6.07) is 0.196. The summed E-state index contributed by atoms with van der Waals surface area (Å²) in [4.78, 5) is 14.3. The number of nitrogens with zero attached hydrogens (tertiary/aromatic N) is 1. The van der Waals surface area contributed by atoms with Crippen LogP contribution in [-0.2, 0) is 4.79 Å². The monoisotopic (exact) mass is 185 g/mol. The van der Waals surface area contributed by atoms with Gasteiger partial charge in [-0.25, -0.2) is 0 Å². The molecule has 0 spiro atoms. The Hall–Kier alpha value is -1.09. The number of carboxylic acid groups (broad SMARTS) is 1. The average Bonchev–Trinajstić information content (AvgIpc) is 2.06. The summed E-state index contributed by atoms with van der Waals surface area (Å²) in [7, 11) is 0. The molecular formula is C8H8ClNO2. The first-order valence-corrected chi connectivity index (χ1v) is 3.97. The second kappa shape index (κ2) is 4.07. The van der Waals surface area contributed by atoms with Crippen molar-refractivity contribution >= 4 is 23.3 Å². The Morgan fingerprint density at radius 1 is 1.58 bits per heavy atom. The van der Waals surface area contributed by atoms with E-state index in [9.17, 15) is 4.79 Å². The molecular weight excluding hydrogens is 178 g/mol. The van der Waals surface area contributed by atoms with E-state index in [-0.39, 0.29) is 6.00 Å². The summed E-state index contributed by atoms with van der Waals surface area (Å²) in [6.07, 6.45) is 6.46. The predicted molar refractivity (Wildman–Crippen MR) is 47.6 cm³/mol. The minimum Gasteiger partial charge on any atom is -0.481 e. The Labute approximate surface area is 75.1 Å². The number of aliphatic imine (C=N–C) groups is 1. The van der Waals surface area contributed by atoms with Crippen LogP contribution in [0, 0.1) is 5.92 Å². The van der Waals surface area contributed by atoms with Crippen molar-refractivity contribution < 1.29 is 9.90 Å². The lowest BCUT2D eigenvalue weighted by Gasteiger charge is -2.05. The molecule has 0 radical (unpaired) electrons. The minimum atomic E-state index is -0.854. The van der Waals surface area contributed by atoms with Crippen molar-refractivity contribution in [3.63, 3.8) is 0 Å². The molecule has 0 heterocycles. The summed E-state index contributed by atoms with van der Waals surface area (Å²) >= 11 is 5.36. The van der Waals surface area contributed by atoms with Crippen molar-refractivity contribution in [1.82, 2.24) is 0 Å². The fourth-order valence-electron chi connectivity index (χ4n) is 0.863. The van der Waals surface area contributed by atoms with Crippen molar-refractivity contribution in [1.29, 1.82) is 0 Å². The third kappa shape index (κ3) is 2.20. The lowest BCUT2D eigenvalue weighted by molar-refractivity contribution is -0.138. The van der Waals surface area contributed by atoms with Crippen LogP contribution in [0.3, 0.4) is 0 Å². The molecule has 0 atom stereocenters. The Bertz CT molecular complexity index is 252. The van der Waals surface area contributed by atoms with Gasteiger partial charge >= 0.3 is 5.97 Å². The topological polar surface area (TPSA) is 49.7 Å². The maximum absolute atomic E-state index is 10.5. The molecule has 0 amide bonds. The molecule has 0 aromatic heterocycles. The van der Waals surface area contributed by atoms with Crippen LogP contribution < -0.4 is 0 Å². The summed E-state index contributed by atoms with van der Waals surface area (Å²) in [5.74, 6) is -1.38. The first-order chi connectivity index (χ1) is 5.74. The molecule has 1 aliphatic carbocycles. The highest BCUT2D eigenvalue weighted by molar-refractivity contribution is 6.19. The number of allylic oxidation sites excluding steroid dienone is 2. The maximum atomic E-state index is 10.5. The normalized spacial score (nSPS) is 21.1. The van der Waals surface area contributed by atoms with Crippen LogP contribution in [0.1, 0.15) is 0 Å². The number of hydrogen-bond acceptors (Lipinski definition) is 2. The van der Waals surface area contributed by atoms with Crippen LogP contribution in [0.2, 0.25) is 0 Å². The highest BCUT2D eigenvalue weighted by Gasteiger charge is 2.12. The molecule has 1 rings (SSSR count). The van der Waals surface area contributed by atoms with Crippen LogP contribution in [-0.4, -0.2) is 22.8 Å². The highest BCUT2D eigenvalue weighted by atomic mass is 35.5. The zero-order valence-corrected chi connectivity index (χ0v) is 7.03. The number of alkyl halides is 1. The third-order valence-corrected chi connectivity index (χ3v) is 1.60. The van der Waals surface area contributed by atoms with Gasteiger partial charge in [0.15, 0.2) is 0 Å². The average molecular weight is 186 g/mol. The smallest absolute Gasteiger partial charge is 0.314 e. The van der Waals surface area contributed by atoms with Crippen molar-refractivity contribution in [2.75, 3.05) is 6.00 Å². The van der Waals surface area contributed by atoms with E-state index in [0.29, 0.717) is 5.71 Å². The summed E-state index contributed by atoms with van der Waals surface area (Å²) in [6.45, 7) is 0. The van der Waals surface area contributed by atoms with Gasteiger partial charge in [0.2, 0.25) is 0 Å². The zero-order valence-electron chi connectivity index (χ0n) is 6.27. The number of aliphatic carboxylic acids is 1. The number of carbonyl (C=O) groups is 1. The van der Waals surface area contributed by atoms with Crippen molar-refractivity contribution in [2.24, 2.45) is 10.9 Å². The van der Waals surface area contributed by atoms with Gasteiger partial charge in [-0.3, -0.25) is 9.79 Å². The summed E-state index contributed by atoms with van der Waals surface area (Å²) in [5.41, 5.74) is 0.711. The molecule has 64 valence electrons. The Morgan fingerprint density at radius 2 is 2.17 bits per heavy atom. The van der Waals surface area contributed by atoms with Gasteiger partial charge in [-0.2, -0.15) is 0 Å². The van der Waals surface area contributed by atoms with E-state index in [2.05, 4.69) is 4.99 Å². The van der Waals surface area contributed by atoms with Gasteiger partial charge < -0.3 is 5.11 Å². The molecule has 0 saturated heterocycles. The zero-order chi connectivity index (χ0) is 8.97. The number of halogens is 1. The fraction of sp³-hybridized carbons (Fsp3) is 0.250. The van der Waals surface area contributed by atoms with Crippen LogP contribution in [0.15, 0.2) is 29.3 Å². The van der Waals surface area contributed by atoms with E-state index in [1.807, 2.05) is 0 Å². The molecule has 1 N–H and O–H groups in total. The lowest BCUT2D eigenvalue weighted by atomic mass is 10.0. The highest BCUT2D eigenvalue weighted by Crippen LogP contribution is 2.08. The third-order valence-electron chi connectivity index (χ3n) is 1.48. The number of hydrogen-bond donors (Lipinski definition) is 1. The van der Waals surface area contributed by atoms with E-state index in [1.165, 1.54) is 0 Å². The van der Waals surface area contributed by atoms with Crippen LogP contribution in [0.5, 0.6) is 0 Å². The van der Waals surface area contributed by atoms with Gasteiger partial charge in [0.1, 0.15) is 6.00 Å². The van der Waals surface area contributed by atoms with Gasteiger partial charge in [-0.1, -0.05) is 12.2 Å². The van der Waals surface area contributed by atoms with E-state index < -0.39 is 11.9 Å². The molecule has 3 nitrogen and oxygen atoms in total. The SMILES string of the molecule is O=C(O)C1C=CC(=NCCl)C=C1. The summed E-state index contributed by atoms with van der Waals surface area (Å²) < 4.78 is 0.